The summed E-state index contributed by atoms with van der Waals surface area (Å²) in [6.45, 7) is 7.42. The van der Waals surface area contributed by atoms with Crippen LogP contribution < -0.4 is 5.32 Å². The van der Waals surface area contributed by atoms with Crippen LogP contribution in [-0.2, 0) is 6.54 Å². The molecule has 1 saturated carbocycles. The first-order valence-corrected chi connectivity index (χ1v) is 9.87. The van der Waals surface area contributed by atoms with Gasteiger partial charge in [0, 0.05) is 18.2 Å². The second-order valence-corrected chi connectivity index (χ2v) is 8.72. The number of hydrogen-bond acceptors (Lipinski definition) is 2. The maximum atomic E-state index is 14.9. The molecule has 3 aromatic rings. The second kappa shape index (κ2) is 7.08. The van der Waals surface area contributed by atoms with E-state index in [0.29, 0.717) is 17.0 Å². The molecule has 1 fully saturated rings. The number of aromatic amines is 1. The molecule has 3 nitrogen and oxygen atoms in total. The van der Waals surface area contributed by atoms with Gasteiger partial charge in [0.05, 0.1) is 17.4 Å². The van der Waals surface area contributed by atoms with Crippen LogP contribution in [-0.4, -0.2) is 16.0 Å². The first kappa shape index (κ1) is 18.2. The Labute approximate surface area is 160 Å². The predicted molar refractivity (Wildman–Crippen MR) is 109 cm³/mol. The molecule has 27 heavy (non-hydrogen) atoms. The number of nitrogens with one attached hydrogen (secondary N) is 2. The molecule has 0 atom stereocenters. The van der Waals surface area contributed by atoms with Gasteiger partial charge in [-0.25, -0.2) is 9.37 Å². The largest absolute Gasteiger partial charge is 0.345 e. The van der Waals surface area contributed by atoms with Crippen LogP contribution in [0.15, 0.2) is 36.7 Å². The zero-order valence-corrected chi connectivity index (χ0v) is 16.4. The molecule has 2 N–H and O–H groups in total. The Morgan fingerprint density at radius 3 is 2.67 bits per heavy atom. The lowest BCUT2D eigenvalue weighted by atomic mass is 9.75. The van der Waals surface area contributed by atoms with Crippen molar-refractivity contribution in [3.63, 3.8) is 0 Å². The van der Waals surface area contributed by atoms with Gasteiger partial charge in [0.25, 0.3) is 0 Å². The van der Waals surface area contributed by atoms with Gasteiger partial charge in [0.2, 0.25) is 0 Å². The van der Waals surface area contributed by atoms with Gasteiger partial charge in [-0.3, -0.25) is 0 Å². The van der Waals surface area contributed by atoms with E-state index in [-0.39, 0.29) is 5.82 Å². The average Bonchev–Trinajstić information content (AvgIpc) is 3.07. The Balaban J connectivity index is 1.48. The average molecular weight is 365 g/mol. The van der Waals surface area contributed by atoms with Crippen molar-refractivity contribution in [3.05, 3.63) is 53.6 Å². The topological polar surface area (TPSA) is 40.7 Å². The van der Waals surface area contributed by atoms with Crippen molar-refractivity contribution < 1.29 is 4.39 Å². The van der Waals surface area contributed by atoms with Gasteiger partial charge in [-0.05, 0) is 72.9 Å². The third-order valence-corrected chi connectivity index (χ3v) is 6.02. The third-order valence-electron chi connectivity index (χ3n) is 6.02. The van der Waals surface area contributed by atoms with Gasteiger partial charge in [0.15, 0.2) is 0 Å². The quantitative estimate of drug-likeness (QED) is 0.619. The lowest BCUT2D eigenvalue weighted by molar-refractivity contribution is 0.206. The minimum atomic E-state index is -0.169. The lowest BCUT2D eigenvalue weighted by Crippen LogP contribution is -2.35. The van der Waals surface area contributed by atoms with Crippen molar-refractivity contribution in [2.24, 2.45) is 5.41 Å². The zero-order valence-electron chi connectivity index (χ0n) is 16.4. The number of halogens is 1. The normalized spacial score (nSPS) is 17.5. The van der Waals surface area contributed by atoms with Crippen molar-refractivity contribution in [2.45, 2.75) is 59.0 Å². The van der Waals surface area contributed by atoms with Crippen molar-refractivity contribution >= 4 is 11.0 Å². The van der Waals surface area contributed by atoms with E-state index in [2.05, 4.69) is 29.1 Å². The van der Waals surface area contributed by atoms with Crippen molar-refractivity contribution in [3.8, 4) is 11.1 Å². The van der Waals surface area contributed by atoms with Gasteiger partial charge in [-0.2, -0.15) is 0 Å². The van der Waals surface area contributed by atoms with Crippen LogP contribution in [0.1, 0.15) is 50.7 Å². The smallest absolute Gasteiger partial charge is 0.131 e. The van der Waals surface area contributed by atoms with Gasteiger partial charge in [0.1, 0.15) is 5.82 Å². The molecule has 142 valence electrons. The molecular formula is C23H28FN3. The Bertz CT molecular complexity index is 947. The summed E-state index contributed by atoms with van der Waals surface area (Å²) < 4.78 is 14.9. The summed E-state index contributed by atoms with van der Waals surface area (Å²) in [5.74, 6) is -0.169. The second-order valence-electron chi connectivity index (χ2n) is 8.72. The number of rotatable bonds is 4. The molecule has 0 saturated heterocycles. The molecule has 0 spiro atoms. The van der Waals surface area contributed by atoms with Gasteiger partial charge < -0.3 is 10.3 Å². The molecule has 1 aliphatic rings. The summed E-state index contributed by atoms with van der Waals surface area (Å²) in [6.07, 6.45) is 6.60. The van der Waals surface area contributed by atoms with E-state index in [0.717, 1.165) is 34.3 Å². The highest BCUT2D eigenvalue weighted by Gasteiger charge is 2.26. The van der Waals surface area contributed by atoms with Gasteiger partial charge in [-0.15, -0.1) is 0 Å². The number of hydrogen-bond donors (Lipinski definition) is 2. The Hall–Kier alpha value is -2.20. The van der Waals surface area contributed by atoms with Gasteiger partial charge >= 0.3 is 0 Å². The van der Waals surface area contributed by atoms with E-state index >= 15 is 0 Å². The number of imidazole rings is 1. The minimum Gasteiger partial charge on any atom is -0.345 e. The Kier molecular flexibility index (Phi) is 4.77. The molecular weight excluding hydrogens is 337 g/mol. The predicted octanol–water partition coefficient (Wildman–Crippen LogP) is 5.74. The highest BCUT2D eigenvalue weighted by molar-refractivity contribution is 5.84. The molecule has 4 heteroatoms. The first-order valence-electron chi connectivity index (χ1n) is 9.87. The molecule has 0 aliphatic heterocycles. The zero-order chi connectivity index (χ0) is 19.0. The number of fused-ring (bicyclic) bond motifs is 1. The Morgan fingerprint density at radius 1 is 1.15 bits per heavy atom. The summed E-state index contributed by atoms with van der Waals surface area (Å²) >= 11 is 0. The molecule has 0 amide bonds. The summed E-state index contributed by atoms with van der Waals surface area (Å²) in [4.78, 5) is 7.40. The summed E-state index contributed by atoms with van der Waals surface area (Å²) in [6, 6.07) is 10.1. The molecule has 4 rings (SSSR count). The monoisotopic (exact) mass is 365 g/mol. The fourth-order valence-electron chi connectivity index (χ4n) is 4.13. The van der Waals surface area contributed by atoms with E-state index in [1.165, 1.54) is 25.7 Å². The van der Waals surface area contributed by atoms with Crippen LogP contribution in [0, 0.1) is 18.2 Å². The van der Waals surface area contributed by atoms with Crippen molar-refractivity contribution in [1.29, 1.82) is 0 Å². The van der Waals surface area contributed by atoms with Crippen LogP contribution in [0.4, 0.5) is 4.39 Å². The summed E-state index contributed by atoms with van der Waals surface area (Å²) in [7, 11) is 0. The number of benzene rings is 2. The molecule has 0 bridgehead atoms. The van der Waals surface area contributed by atoms with Gasteiger partial charge in [-0.1, -0.05) is 26.0 Å². The fourth-order valence-corrected chi connectivity index (χ4v) is 4.13. The van der Waals surface area contributed by atoms with Crippen LogP contribution in [0.25, 0.3) is 22.2 Å². The molecule has 0 unspecified atom stereocenters. The lowest BCUT2D eigenvalue weighted by Gasteiger charge is -2.34. The minimum absolute atomic E-state index is 0.169. The van der Waals surface area contributed by atoms with E-state index in [4.69, 9.17) is 0 Å². The third kappa shape index (κ3) is 3.91. The number of aryl methyl sites for hydroxylation is 1. The van der Waals surface area contributed by atoms with E-state index < -0.39 is 0 Å². The highest BCUT2D eigenvalue weighted by atomic mass is 19.1. The number of H-pyrrole nitrogens is 1. The molecule has 0 radical (unpaired) electrons. The molecule has 1 aliphatic carbocycles. The van der Waals surface area contributed by atoms with Crippen molar-refractivity contribution in [2.75, 3.05) is 0 Å². The maximum Gasteiger partial charge on any atom is 0.131 e. The number of aromatic nitrogens is 2. The number of nitrogens with zero attached hydrogens (tertiary/aromatic N) is 1. The van der Waals surface area contributed by atoms with Crippen LogP contribution in [0.2, 0.25) is 0 Å². The van der Waals surface area contributed by atoms with Crippen LogP contribution >= 0.6 is 0 Å². The first-order chi connectivity index (χ1) is 12.9. The van der Waals surface area contributed by atoms with Crippen molar-refractivity contribution in [1.82, 2.24) is 15.3 Å². The van der Waals surface area contributed by atoms with E-state index in [1.807, 2.05) is 31.2 Å². The van der Waals surface area contributed by atoms with E-state index in [1.54, 1.807) is 12.4 Å². The summed E-state index contributed by atoms with van der Waals surface area (Å²) in [5.41, 5.74) is 5.90. The molecule has 2 aromatic carbocycles. The fraction of sp³-hybridized carbons (Fsp3) is 0.435. The molecule has 1 aromatic heterocycles. The standard InChI is InChI=1S/C23H28FN3/c1-15-10-21-22(27-14-26-21)12-19(15)18-5-4-16(11-20(18)24)13-25-17-6-8-23(2,3)9-7-17/h4-5,10-12,14,17,25H,6-9,13H2,1-3H3,(H,26,27). The SMILES string of the molecule is Cc1cc2[nH]cnc2cc1-c1ccc(CNC2CCC(C)(C)CC2)cc1F. The molecule has 1 heterocycles. The maximum absolute atomic E-state index is 14.9. The summed E-state index contributed by atoms with van der Waals surface area (Å²) in [5, 5.41) is 3.61. The van der Waals surface area contributed by atoms with E-state index in [9.17, 15) is 4.39 Å². The highest BCUT2D eigenvalue weighted by Crippen LogP contribution is 2.35. The Morgan fingerprint density at radius 2 is 1.93 bits per heavy atom. The van der Waals surface area contributed by atoms with Crippen LogP contribution in [0.3, 0.4) is 0 Å². The van der Waals surface area contributed by atoms with Crippen LogP contribution in [0.5, 0.6) is 0 Å².